The average Bonchev–Trinajstić information content (AvgIpc) is 2.51. The highest BCUT2D eigenvalue weighted by molar-refractivity contribution is 5.12. The SMILES string of the molecule is CC1CC=C(C2CCC(C3CCC(F)C(F)C3)C(F)C2)CC1. The summed E-state index contributed by atoms with van der Waals surface area (Å²) in [7, 11) is 0. The molecule has 0 heterocycles. The van der Waals surface area contributed by atoms with Gasteiger partial charge in [-0.2, -0.15) is 0 Å². The van der Waals surface area contributed by atoms with E-state index >= 15 is 0 Å². The molecule has 0 N–H and O–H groups in total. The Kier molecular flexibility index (Phi) is 5.19. The molecule has 0 radical (unpaired) electrons. The van der Waals surface area contributed by atoms with Crippen LogP contribution in [0.15, 0.2) is 11.6 Å². The van der Waals surface area contributed by atoms with Gasteiger partial charge in [0.05, 0.1) is 0 Å². The molecule has 0 aromatic heterocycles. The van der Waals surface area contributed by atoms with Crippen molar-refractivity contribution in [2.45, 2.75) is 83.2 Å². The van der Waals surface area contributed by atoms with Gasteiger partial charge in [-0.05, 0) is 81.5 Å². The summed E-state index contributed by atoms with van der Waals surface area (Å²) in [5.74, 6) is 1.18. The summed E-state index contributed by atoms with van der Waals surface area (Å²) in [4.78, 5) is 0. The van der Waals surface area contributed by atoms with Gasteiger partial charge >= 0.3 is 0 Å². The van der Waals surface area contributed by atoms with Gasteiger partial charge in [0.1, 0.15) is 18.5 Å². The summed E-state index contributed by atoms with van der Waals surface area (Å²) in [6, 6.07) is 0. The maximum absolute atomic E-state index is 14.7. The van der Waals surface area contributed by atoms with Crippen LogP contribution in [0.5, 0.6) is 0 Å². The van der Waals surface area contributed by atoms with Gasteiger partial charge in [0.15, 0.2) is 0 Å². The Labute approximate surface area is 132 Å². The minimum absolute atomic E-state index is 0.0369. The van der Waals surface area contributed by atoms with E-state index in [-0.39, 0.29) is 24.7 Å². The zero-order valence-electron chi connectivity index (χ0n) is 13.6. The van der Waals surface area contributed by atoms with Crippen LogP contribution < -0.4 is 0 Å². The van der Waals surface area contributed by atoms with Crippen molar-refractivity contribution >= 4 is 0 Å². The van der Waals surface area contributed by atoms with Gasteiger partial charge in [-0.3, -0.25) is 0 Å². The van der Waals surface area contributed by atoms with Crippen LogP contribution in [0.25, 0.3) is 0 Å². The molecule has 3 rings (SSSR count). The highest BCUT2D eigenvalue weighted by Gasteiger charge is 2.41. The van der Waals surface area contributed by atoms with Crippen molar-refractivity contribution in [1.82, 2.24) is 0 Å². The molecule has 0 spiro atoms. The van der Waals surface area contributed by atoms with Crippen LogP contribution in [0.2, 0.25) is 0 Å². The number of rotatable bonds is 2. The molecule has 3 aliphatic carbocycles. The molecule has 3 heteroatoms. The standard InChI is InChI=1S/C19H29F3/c1-12-2-4-13(5-3-12)14-6-8-16(18(21)10-14)15-7-9-17(20)19(22)11-15/h4,12,14-19H,2-3,5-11H2,1H3. The maximum atomic E-state index is 14.7. The van der Waals surface area contributed by atoms with Gasteiger partial charge in [-0.25, -0.2) is 13.2 Å². The molecule has 0 saturated heterocycles. The van der Waals surface area contributed by atoms with E-state index in [1.54, 1.807) is 0 Å². The first-order valence-electron chi connectivity index (χ1n) is 9.15. The molecule has 22 heavy (non-hydrogen) atoms. The second-order valence-corrected chi connectivity index (χ2v) is 7.95. The van der Waals surface area contributed by atoms with E-state index in [9.17, 15) is 13.2 Å². The molecule has 0 aliphatic heterocycles. The van der Waals surface area contributed by atoms with Gasteiger partial charge in [0.25, 0.3) is 0 Å². The zero-order valence-corrected chi connectivity index (χ0v) is 13.6. The molecule has 3 aliphatic rings. The number of hydrogen-bond acceptors (Lipinski definition) is 0. The molecule has 7 atom stereocenters. The Balaban J connectivity index is 1.56. The summed E-state index contributed by atoms with van der Waals surface area (Å²) < 4.78 is 41.6. The van der Waals surface area contributed by atoms with Gasteiger partial charge < -0.3 is 0 Å². The predicted molar refractivity (Wildman–Crippen MR) is 84.0 cm³/mol. The molecular weight excluding hydrogens is 285 g/mol. The first-order valence-corrected chi connectivity index (χ1v) is 9.15. The van der Waals surface area contributed by atoms with Crippen molar-refractivity contribution in [3.05, 3.63) is 11.6 Å². The first kappa shape index (κ1) is 16.4. The normalized spacial score (nSPS) is 47.1. The Hall–Kier alpha value is -0.470. The van der Waals surface area contributed by atoms with Crippen molar-refractivity contribution in [3.63, 3.8) is 0 Å². The molecule has 0 aromatic carbocycles. The van der Waals surface area contributed by atoms with Gasteiger partial charge in [-0.15, -0.1) is 0 Å². The fourth-order valence-electron chi connectivity index (χ4n) is 4.86. The maximum Gasteiger partial charge on any atom is 0.131 e. The van der Waals surface area contributed by atoms with Crippen molar-refractivity contribution in [2.24, 2.45) is 23.7 Å². The topological polar surface area (TPSA) is 0 Å². The van der Waals surface area contributed by atoms with Crippen molar-refractivity contribution in [1.29, 1.82) is 0 Å². The van der Waals surface area contributed by atoms with Gasteiger partial charge in [0, 0.05) is 0 Å². The summed E-state index contributed by atoms with van der Waals surface area (Å²) in [6.07, 6.45) is 6.00. The minimum Gasteiger partial charge on any atom is -0.247 e. The molecule has 2 saturated carbocycles. The zero-order chi connectivity index (χ0) is 15.7. The van der Waals surface area contributed by atoms with Crippen LogP contribution in [-0.4, -0.2) is 18.5 Å². The molecule has 0 nitrogen and oxygen atoms in total. The number of allylic oxidation sites excluding steroid dienone is 2. The fourth-order valence-corrected chi connectivity index (χ4v) is 4.86. The number of alkyl halides is 3. The lowest BCUT2D eigenvalue weighted by Crippen LogP contribution is -2.38. The quantitative estimate of drug-likeness (QED) is 0.551. The highest BCUT2D eigenvalue weighted by atomic mass is 19.2. The first-order chi connectivity index (χ1) is 10.5. The predicted octanol–water partition coefficient (Wildman–Crippen LogP) is 5.96. The van der Waals surface area contributed by atoms with E-state index in [2.05, 4.69) is 13.0 Å². The molecule has 2 fully saturated rings. The summed E-state index contributed by atoms with van der Waals surface area (Å²) in [5.41, 5.74) is 1.47. The number of halogens is 3. The lowest BCUT2D eigenvalue weighted by atomic mass is 9.67. The van der Waals surface area contributed by atoms with E-state index < -0.39 is 18.5 Å². The second-order valence-electron chi connectivity index (χ2n) is 7.95. The van der Waals surface area contributed by atoms with Crippen molar-refractivity contribution in [3.8, 4) is 0 Å². The van der Waals surface area contributed by atoms with Crippen LogP contribution in [0.3, 0.4) is 0 Å². The minimum atomic E-state index is -1.37. The molecule has 7 unspecified atom stereocenters. The largest absolute Gasteiger partial charge is 0.247 e. The smallest absolute Gasteiger partial charge is 0.131 e. The van der Waals surface area contributed by atoms with E-state index in [0.29, 0.717) is 18.8 Å². The van der Waals surface area contributed by atoms with E-state index in [1.807, 2.05) is 0 Å². The van der Waals surface area contributed by atoms with Crippen LogP contribution in [0, 0.1) is 23.7 Å². The van der Waals surface area contributed by atoms with Gasteiger partial charge in [-0.1, -0.05) is 18.6 Å². The van der Waals surface area contributed by atoms with Crippen LogP contribution in [0.4, 0.5) is 13.2 Å². The monoisotopic (exact) mass is 314 g/mol. The lowest BCUT2D eigenvalue weighted by Gasteiger charge is -2.40. The van der Waals surface area contributed by atoms with Crippen molar-refractivity contribution < 1.29 is 13.2 Å². The van der Waals surface area contributed by atoms with Gasteiger partial charge in [0.2, 0.25) is 0 Å². The Morgan fingerprint density at radius 3 is 2.32 bits per heavy atom. The summed E-state index contributed by atoms with van der Waals surface area (Å²) >= 11 is 0. The Morgan fingerprint density at radius 1 is 0.864 bits per heavy atom. The van der Waals surface area contributed by atoms with Crippen LogP contribution in [0.1, 0.15) is 64.7 Å². The van der Waals surface area contributed by atoms with Crippen LogP contribution in [-0.2, 0) is 0 Å². The average molecular weight is 314 g/mol. The number of hydrogen-bond donors (Lipinski definition) is 0. The fraction of sp³-hybridized carbons (Fsp3) is 0.895. The van der Waals surface area contributed by atoms with Crippen molar-refractivity contribution in [2.75, 3.05) is 0 Å². The highest BCUT2D eigenvalue weighted by Crippen LogP contribution is 2.45. The third-order valence-electron chi connectivity index (χ3n) is 6.39. The second kappa shape index (κ2) is 6.97. The summed E-state index contributed by atoms with van der Waals surface area (Å²) in [5, 5.41) is 0. The molecule has 0 aromatic rings. The van der Waals surface area contributed by atoms with E-state index in [1.165, 1.54) is 12.0 Å². The molecule has 126 valence electrons. The summed E-state index contributed by atoms with van der Waals surface area (Å²) in [6.45, 7) is 2.27. The molecule has 0 bridgehead atoms. The third-order valence-corrected chi connectivity index (χ3v) is 6.39. The van der Waals surface area contributed by atoms with Crippen LogP contribution >= 0.6 is 0 Å². The molecule has 0 amide bonds. The van der Waals surface area contributed by atoms with E-state index in [4.69, 9.17) is 0 Å². The van der Waals surface area contributed by atoms with E-state index in [0.717, 1.165) is 31.6 Å². The lowest BCUT2D eigenvalue weighted by molar-refractivity contribution is 0.0222. The third kappa shape index (κ3) is 3.54. The Morgan fingerprint density at radius 2 is 1.68 bits per heavy atom. The molecular formula is C19H29F3. The Bertz CT molecular complexity index is 405.